The largest absolute Gasteiger partial charge is 0.493 e. The summed E-state index contributed by atoms with van der Waals surface area (Å²) >= 11 is 0. The van der Waals surface area contributed by atoms with E-state index in [9.17, 15) is 13.6 Å². The van der Waals surface area contributed by atoms with Crippen LogP contribution in [-0.2, 0) is 6.54 Å². The Labute approximate surface area is 154 Å². The fourth-order valence-electron chi connectivity index (χ4n) is 2.83. The number of hydrogen-bond acceptors (Lipinski definition) is 4. The standard InChI is InChI=1S/C19H19F2N3O3/c1-10(11-4-5-13(20)14(21)6-11)22-9-18-23-15-8-17(27-3)16(26-2)7-12(15)19(25)24-18/h4-8,10,22H,9H2,1-3H3,(H,23,24,25)/p+1/t10-/m0/s1. The van der Waals surface area contributed by atoms with Crippen LogP contribution in [0.4, 0.5) is 8.78 Å². The fourth-order valence-corrected chi connectivity index (χ4v) is 2.83. The number of methoxy groups -OCH3 is 2. The number of quaternary nitrogens is 1. The monoisotopic (exact) mass is 376 g/mol. The van der Waals surface area contributed by atoms with Crippen LogP contribution in [0.2, 0.25) is 0 Å². The first-order valence-electron chi connectivity index (χ1n) is 8.36. The number of aromatic amines is 1. The number of benzene rings is 2. The minimum absolute atomic E-state index is 0.147. The zero-order chi connectivity index (χ0) is 19.6. The van der Waals surface area contributed by atoms with Gasteiger partial charge in [0.05, 0.1) is 25.1 Å². The first-order valence-corrected chi connectivity index (χ1v) is 8.36. The smallest absolute Gasteiger partial charge is 0.259 e. The van der Waals surface area contributed by atoms with Crippen LogP contribution in [0.5, 0.6) is 11.5 Å². The Hall–Kier alpha value is -3.00. The molecule has 6 nitrogen and oxygen atoms in total. The Morgan fingerprint density at radius 2 is 1.81 bits per heavy atom. The number of fused-ring (bicyclic) bond motifs is 1. The molecule has 142 valence electrons. The second-order valence-electron chi connectivity index (χ2n) is 6.14. The van der Waals surface area contributed by atoms with E-state index in [1.165, 1.54) is 26.4 Å². The molecule has 1 aromatic heterocycles. The van der Waals surface area contributed by atoms with Crippen molar-refractivity contribution in [1.82, 2.24) is 9.97 Å². The minimum Gasteiger partial charge on any atom is -0.493 e. The van der Waals surface area contributed by atoms with Gasteiger partial charge in [-0.3, -0.25) is 4.79 Å². The number of H-pyrrole nitrogens is 1. The second-order valence-corrected chi connectivity index (χ2v) is 6.14. The lowest BCUT2D eigenvalue weighted by atomic mass is 10.1. The zero-order valence-corrected chi connectivity index (χ0v) is 15.2. The molecule has 0 saturated heterocycles. The average molecular weight is 376 g/mol. The first kappa shape index (κ1) is 18.8. The van der Waals surface area contributed by atoms with E-state index in [1.54, 1.807) is 12.1 Å². The molecule has 0 aliphatic rings. The van der Waals surface area contributed by atoms with Gasteiger partial charge in [-0.15, -0.1) is 0 Å². The predicted molar refractivity (Wildman–Crippen MR) is 95.9 cm³/mol. The highest BCUT2D eigenvalue weighted by molar-refractivity contribution is 5.81. The van der Waals surface area contributed by atoms with Gasteiger partial charge in [-0.2, -0.15) is 0 Å². The molecule has 0 amide bonds. The van der Waals surface area contributed by atoms with Gasteiger partial charge < -0.3 is 19.8 Å². The first-order chi connectivity index (χ1) is 12.9. The van der Waals surface area contributed by atoms with Crippen LogP contribution in [0.1, 0.15) is 24.4 Å². The summed E-state index contributed by atoms with van der Waals surface area (Å²) in [5.74, 6) is -0.368. The van der Waals surface area contributed by atoms with Gasteiger partial charge in [0.15, 0.2) is 29.0 Å². The Balaban J connectivity index is 1.84. The van der Waals surface area contributed by atoms with Gasteiger partial charge in [0.25, 0.3) is 5.56 Å². The van der Waals surface area contributed by atoms with E-state index >= 15 is 0 Å². The molecular formula is C19H20F2N3O3+. The summed E-state index contributed by atoms with van der Waals surface area (Å²) in [7, 11) is 3.00. The third-order valence-corrected chi connectivity index (χ3v) is 4.39. The molecule has 0 fully saturated rings. The molecule has 3 aromatic rings. The van der Waals surface area contributed by atoms with E-state index < -0.39 is 11.6 Å². The summed E-state index contributed by atoms with van der Waals surface area (Å²) in [4.78, 5) is 19.6. The highest BCUT2D eigenvalue weighted by Gasteiger charge is 2.15. The highest BCUT2D eigenvalue weighted by Crippen LogP contribution is 2.29. The number of aromatic nitrogens is 2. The van der Waals surface area contributed by atoms with Crippen molar-refractivity contribution in [2.75, 3.05) is 14.2 Å². The Morgan fingerprint density at radius 1 is 1.11 bits per heavy atom. The van der Waals surface area contributed by atoms with Gasteiger partial charge in [-0.25, -0.2) is 13.8 Å². The van der Waals surface area contributed by atoms with Gasteiger partial charge >= 0.3 is 0 Å². The van der Waals surface area contributed by atoms with Gasteiger partial charge in [0, 0.05) is 11.6 Å². The topological polar surface area (TPSA) is 80.8 Å². The SMILES string of the molecule is COc1cc2nc(C[NH2+][C@@H](C)c3ccc(F)c(F)c3)[nH]c(=O)c2cc1OC. The lowest BCUT2D eigenvalue weighted by Crippen LogP contribution is -2.83. The number of halogens is 2. The number of nitrogens with two attached hydrogens (primary N) is 1. The molecule has 3 rings (SSSR count). The number of hydrogen-bond donors (Lipinski definition) is 2. The van der Waals surface area contributed by atoms with Crippen molar-refractivity contribution in [3.63, 3.8) is 0 Å². The van der Waals surface area contributed by atoms with Gasteiger partial charge in [-0.05, 0) is 31.2 Å². The van der Waals surface area contributed by atoms with Crippen molar-refractivity contribution in [3.8, 4) is 11.5 Å². The van der Waals surface area contributed by atoms with E-state index in [-0.39, 0.29) is 11.6 Å². The van der Waals surface area contributed by atoms with Crippen LogP contribution in [0.25, 0.3) is 10.9 Å². The van der Waals surface area contributed by atoms with E-state index in [4.69, 9.17) is 9.47 Å². The molecule has 1 atom stereocenters. The van der Waals surface area contributed by atoms with Crippen molar-refractivity contribution < 1.29 is 23.6 Å². The lowest BCUT2D eigenvalue weighted by molar-refractivity contribution is -0.708. The van der Waals surface area contributed by atoms with Gasteiger partial charge in [0.2, 0.25) is 0 Å². The van der Waals surface area contributed by atoms with Crippen LogP contribution in [0.3, 0.4) is 0 Å². The Bertz CT molecular complexity index is 1040. The van der Waals surface area contributed by atoms with Crippen LogP contribution in [0, 0.1) is 11.6 Å². The molecule has 0 saturated carbocycles. The van der Waals surface area contributed by atoms with Crippen LogP contribution < -0.4 is 20.3 Å². The molecular weight excluding hydrogens is 356 g/mol. The molecule has 3 N–H and O–H groups in total. The van der Waals surface area contributed by atoms with Crippen molar-refractivity contribution in [1.29, 1.82) is 0 Å². The average Bonchev–Trinajstić information content (AvgIpc) is 2.67. The quantitative estimate of drug-likeness (QED) is 0.690. The molecule has 2 aromatic carbocycles. The maximum atomic E-state index is 13.4. The molecule has 0 radical (unpaired) electrons. The lowest BCUT2D eigenvalue weighted by Gasteiger charge is -2.12. The summed E-state index contributed by atoms with van der Waals surface area (Å²) in [5, 5.41) is 2.27. The summed E-state index contributed by atoms with van der Waals surface area (Å²) < 4.78 is 36.9. The van der Waals surface area contributed by atoms with E-state index in [2.05, 4.69) is 9.97 Å². The fraction of sp³-hybridized carbons (Fsp3) is 0.263. The summed E-state index contributed by atoms with van der Waals surface area (Å²) in [6, 6.07) is 6.89. The summed E-state index contributed by atoms with van der Waals surface area (Å²) in [6.45, 7) is 2.22. The second kappa shape index (κ2) is 7.71. The normalized spacial score (nSPS) is 12.2. The third kappa shape index (κ3) is 3.90. The third-order valence-electron chi connectivity index (χ3n) is 4.39. The number of nitrogens with one attached hydrogen (secondary N) is 1. The molecule has 1 heterocycles. The molecule has 27 heavy (non-hydrogen) atoms. The Kier molecular flexibility index (Phi) is 5.36. The highest BCUT2D eigenvalue weighted by atomic mass is 19.2. The van der Waals surface area contributed by atoms with Crippen molar-refractivity contribution in [2.24, 2.45) is 0 Å². The van der Waals surface area contributed by atoms with Crippen molar-refractivity contribution >= 4 is 10.9 Å². The number of ether oxygens (including phenoxy) is 2. The summed E-state index contributed by atoms with van der Waals surface area (Å²) in [5.41, 5.74) is 0.841. The molecule has 8 heteroatoms. The molecule has 0 aliphatic carbocycles. The van der Waals surface area contributed by atoms with E-state index in [0.717, 1.165) is 6.07 Å². The minimum atomic E-state index is -0.883. The molecule has 0 aliphatic heterocycles. The zero-order valence-electron chi connectivity index (χ0n) is 15.2. The maximum absolute atomic E-state index is 13.4. The molecule has 0 spiro atoms. The van der Waals surface area contributed by atoms with Crippen molar-refractivity contribution in [2.45, 2.75) is 19.5 Å². The van der Waals surface area contributed by atoms with Gasteiger partial charge in [0.1, 0.15) is 12.6 Å². The number of nitrogens with zero attached hydrogens (tertiary/aromatic N) is 1. The van der Waals surface area contributed by atoms with Crippen LogP contribution >= 0.6 is 0 Å². The van der Waals surface area contributed by atoms with E-state index in [1.807, 2.05) is 12.2 Å². The number of rotatable bonds is 6. The van der Waals surface area contributed by atoms with Crippen molar-refractivity contribution in [3.05, 3.63) is 63.7 Å². The maximum Gasteiger partial charge on any atom is 0.259 e. The Morgan fingerprint density at radius 3 is 2.48 bits per heavy atom. The van der Waals surface area contributed by atoms with Crippen LogP contribution in [0.15, 0.2) is 35.1 Å². The molecule has 0 bridgehead atoms. The summed E-state index contributed by atoms with van der Waals surface area (Å²) in [6.07, 6.45) is 0. The molecule has 0 unspecified atom stereocenters. The van der Waals surface area contributed by atoms with E-state index in [0.29, 0.717) is 40.3 Å². The van der Waals surface area contributed by atoms with Gasteiger partial charge in [-0.1, -0.05) is 0 Å². The predicted octanol–water partition coefficient (Wildman–Crippen LogP) is 2.04. The van der Waals surface area contributed by atoms with Crippen LogP contribution in [-0.4, -0.2) is 24.2 Å².